The largest absolute Gasteiger partial charge is 0.383 e. The van der Waals surface area contributed by atoms with Crippen molar-refractivity contribution >= 4 is 29.2 Å². The highest BCUT2D eigenvalue weighted by Gasteiger charge is 2.21. The van der Waals surface area contributed by atoms with Crippen LogP contribution in [0, 0.1) is 0 Å². The first-order valence-corrected chi connectivity index (χ1v) is 8.50. The number of alkyl halides is 2. The molecule has 0 radical (unpaired) electrons. The number of benzene rings is 2. The maximum absolute atomic E-state index is 12.6. The van der Waals surface area contributed by atoms with E-state index in [2.05, 4.69) is 29.6 Å². The molecule has 1 nitrogen and oxygen atoms in total. The molecular formula is C16H15F2NS2. The van der Waals surface area contributed by atoms with Gasteiger partial charge in [-0.25, -0.2) is 0 Å². The average Bonchev–Trinajstić information content (AvgIpc) is 2.88. The van der Waals surface area contributed by atoms with E-state index < -0.39 is 5.76 Å². The number of thioether (sulfide) groups is 2. The first kappa shape index (κ1) is 14.7. The number of anilines is 1. The minimum Gasteiger partial charge on any atom is -0.383 e. The zero-order valence-corrected chi connectivity index (χ0v) is 12.9. The van der Waals surface area contributed by atoms with Crippen molar-refractivity contribution in [3.05, 3.63) is 54.1 Å². The van der Waals surface area contributed by atoms with E-state index in [0.29, 0.717) is 21.9 Å². The number of rotatable bonds is 5. The summed E-state index contributed by atoms with van der Waals surface area (Å²) in [7, 11) is 0. The van der Waals surface area contributed by atoms with Crippen LogP contribution in [0.2, 0.25) is 0 Å². The van der Waals surface area contributed by atoms with Crippen molar-refractivity contribution in [1.82, 2.24) is 0 Å². The van der Waals surface area contributed by atoms with Crippen LogP contribution in [0.1, 0.15) is 5.56 Å². The van der Waals surface area contributed by atoms with Crippen LogP contribution in [-0.4, -0.2) is 17.6 Å². The third-order valence-corrected chi connectivity index (χ3v) is 5.44. The van der Waals surface area contributed by atoms with E-state index in [1.807, 2.05) is 23.9 Å². The summed E-state index contributed by atoms with van der Waals surface area (Å²) in [5.74, 6) is -2.39. The average molecular weight is 323 g/mol. The van der Waals surface area contributed by atoms with Gasteiger partial charge in [0.15, 0.2) is 0 Å². The van der Waals surface area contributed by atoms with Gasteiger partial charge in [-0.15, -0.1) is 11.8 Å². The Balaban J connectivity index is 1.62. The van der Waals surface area contributed by atoms with Gasteiger partial charge in [0.1, 0.15) is 0 Å². The quantitative estimate of drug-likeness (QED) is 0.766. The fourth-order valence-corrected chi connectivity index (χ4v) is 4.27. The lowest BCUT2D eigenvalue weighted by Gasteiger charge is -2.14. The van der Waals surface area contributed by atoms with Gasteiger partial charge in [-0.05, 0) is 30.2 Å². The fraction of sp³-hybridized carbons (Fsp3) is 0.250. The van der Waals surface area contributed by atoms with E-state index >= 15 is 0 Å². The van der Waals surface area contributed by atoms with Gasteiger partial charge in [0.05, 0.1) is 0 Å². The molecule has 1 aliphatic heterocycles. The number of fused-ring (bicyclic) bond motifs is 1. The predicted molar refractivity (Wildman–Crippen MR) is 86.6 cm³/mol. The molecule has 2 aromatic rings. The second-order valence-electron chi connectivity index (χ2n) is 4.81. The Morgan fingerprint density at radius 2 is 1.90 bits per heavy atom. The van der Waals surface area contributed by atoms with Gasteiger partial charge in [-0.1, -0.05) is 42.1 Å². The lowest BCUT2D eigenvalue weighted by Crippen LogP contribution is -2.16. The molecule has 0 bridgehead atoms. The van der Waals surface area contributed by atoms with E-state index in [1.165, 1.54) is 10.5 Å². The molecule has 0 spiro atoms. The van der Waals surface area contributed by atoms with Crippen LogP contribution in [-0.2, 0) is 6.42 Å². The highest BCUT2D eigenvalue weighted by Crippen LogP contribution is 2.37. The highest BCUT2D eigenvalue weighted by atomic mass is 32.2. The smallest absolute Gasteiger partial charge is 0.288 e. The summed E-state index contributed by atoms with van der Waals surface area (Å²) < 4.78 is 25.1. The minimum atomic E-state index is -2.39. The molecule has 0 aliphatic carbocycles. The van der Waals surface area contributed by atoms with Crippen molar-refractivity contribution in [3.63, 3.8) is 0 Å². The number of hydrogen-bond acceptors (Lipinski definition) is 3. The Bertz CT molecular complexity index is 594. The van der Waals surface area contributed by atoms with Crippen LogP contribution in [0.15, 0.2) is 58.3 Å². The number of halogens is 2. The second-order valence-corrected chi connectivity index (χ2v) is 7.18. The van der Waals surface area contributed by atoms with Crippen LogP contribution in [0.25, 0.3) is 0 Å². The third-order valence-electron chi connectivity index (χ3n) is 3.34. The Morgan fingerprint density at radius 3 is 2.71 bits per heavy atom. The number of nitrogens with one attached hydrogen (secondary N) is 1. The van der Waals surface area contributed by atoms with Crippen LogP contribution in [0.5, 0.6) is 0 Å². The van der Waals surface area contributed by atoms with Gasteiger partial charge in [-0.2, -0.15) is 8.78 Å². The van der Waals surface area contributed by atoms with Gasteiger partial charge in [0, 0.05) is 27.3 Å². The number of para-hydroxylation sites is 1. The topological polar surface area (TPSA) is 12.0 Å². The monoisotopic (exact) mass is 323 g/mol. The van der Waals surface area contributed by atoms with Crippen LogP contribution < -0.4 is 5.32 Å². The Labute approximate surface area is 131 Å². The number of hydrogen-bond donors (Lipinski definition) is 1. The molecule has 0 amide bonds. The first-order chi connectivity index (χ1) is 10.2. The Morgan fingerprint density at radius 1 is 1.14 bits per heavy atom. The maximum Gasteiger partial charge on any atom is 0.288 e. The molecule has 2 aromatic carbocycles. The maximum atomic E-state index is 12.6. The molecule has 0 saturated heterocycles. The van der Waals surface area contributed by atoms with Crippen molar-refractivity contribution in [1.29, 1.82) is 0 Å². The van der Waals surface area contributed by atoms with E-state index in [-0.39, 0.29) is 0 Å². The predicted octanol–water partition coefficient (Wildman–Crippen LogP) is 5.13. The summed E-state index contributed by atoms with van der Waals surface area (Å²) >= 11 is 2.45. The molecule has 1 aliphatic rings. The molecular weight excluding hydrogens is 308 g/mol. The van der Waals surface area contributed by atoms with E-state index in [1.54, 1.807) is 12.1 Å². The van der Waals surface area contributed by atoms with Gasteiger partial charge in [0.25, 0.3) is 5.76 Å². The Hall–Kier alpha value is -1.20. The lowest BCUT2D eigenvalue weighted by molar-refractivity contribution is 0.252. The highest BCUT2D eigenvalue weighted by molar-refractivity contribution is 8.00. The van der Waals surface area contributed by atoms with Gasteiger partial charge in [0.2, 0.25) is 0 Å². The van der Waals surface area contributed by atoms with Gasteiger partial charge in [-0.3, -0.25) is 0 Å². The SMILES string of the molecule is FC(F)Sc1ccccc1NCC1Cc2ccccc2S1. The Kier molecular flexibility index (Phi) is 4.70. The first-order valence-electron chi connectivity index (χ1n) is 6.74. The summed E-state index contributed by atoms with van der Waals surface area (Å²) in [6.07, 6.45) is 1.03. The molecule has 1 heterocycles. The van der Waals surface area contributed by atoms with Crippen LogP contribution >= 0.6 is 23.5 Å². The molecule has 0 saturated carbocycles. The van der Waals surface area contributed by atoms with Crippen molar-refractivity contribution in [2.75, 3.05) is 11.9 Å². The van der Waals surface area contributed by atoms with Crippen molar-refractivity contribution in [3.8, 4) is 0 Å². The van der Waals surface area contributed by atoms with E-state index in [0.717, 1.165) is 18.7 Å². The summed E-state index contributed by atoms with van der Waals surface area (Å²) in [5.41, 5.74) is 2.17. The minimum absolute atomic E-state index is 0.451. The summed E-state index contributed by atoms with van der Waals surface area (Å²) in [6, 6.07) is 15.7. The molecule has 5 heteroatoms. The second kappa shape index (κ2) is 6.71. The molecule has 1 unspecified atom stereocenters. The molecule has 21 heavy (non-hydrogen) atoms. The van der Waals surface area contributed by atoms with Crippen LogP contribution in [0.4, 0.5) is 14.5 Å². The van der Waals surface area contributed by atoms with Crippen LogP contribution in [0.3, 0.4) is 0 Å². The van der Waals surface area contributed by atoms with Gasteiger partial charge >= 0.3 is 0 Å². The van der Waals surface area contributed by atoms with Crippen molar-refractivity contribution in [2.45, 2.75) is 27.2 Å². The molecule has 0 fully saturated rings. The summed E-state index contributed by atoms with van der Waals surface area (Å²) in [4.78, 5) is 1.94. The van der Waals surface area contributed by atoms with Crippen molar-refractivity contribution < 1.29 is 8.78 Å². The van der Waals surface area contributed by atoms with Crippen molar-refractivity contribution in [2.24, 2.45) is 0 Å². The normalized spacial score (nSPS) is 17.0. The molecule has 0 aromatic heterocycles. The standard InChI is InChI=1S/C16H15F2NS2/c17-16(18)21-15-8-4-2-6-13(15)19-10-12-9-11-5-1-3-7-14(11)20-12/h1-8,12,16,19H,9-10H2. The zero-order chi connectivity index (χ0) is 14.7. The van der Waals surface area contributed by atoms with Gasteiger partial charge < -0.3 is 5.32 Å². The van der Waals surface area contributed by atoms with E-state index in [9.17, 15) is 8.78 Å². The molecule has 1 atom stereocenters. The molecule has 3 rings (SSSR count). The lowest BCUT2D eigenvalue weighted by atomic mass is 10.1. The van der Waals surface area contributed by atoms with E-state index in [4.69, 9.17) is 0 Å². The molecule has 1 N–H and O–H groups in total. The third kappa shape index (κ3) is 3.71. The summed E-state index contributed by atoms with van der Waals surface area (Å²) in [6.45, 7) is 0.778. The zero-order valence-electron chi connectivity index (χ0n) is 11.3. The fourth-order valence-electron chi connectivity index (χ4n) is 2.40. The summed E-state index contributed by atoms with van der Waals surface area (Å²) in [5, 5.41) is 3.77. The molecule has 110 valence electrons.